The number of nitrogen functional groups attached to an aromatic ring is 1. The van der Waals surface area contributed by atoms with Crippen molar-refractivity contribution >= 4 is 57.8 Å². The summed E-state index contributed by atoms with van der Waals surface area (Å²) in [5, 5.41) is 17.7. The molecule has 6 rings (SSSR count). The van der Waals surface area contributed by atoms with Crippen molar-refractivity contribution in [3.05, 3.63) is 17.1 Å². The molecule has 16 heteroatoms. The van der Waals surface area contributed by atoms with Crippen molar-refractivity contribution in [1.29, 1.82) is 0 Å². The average molecular weight is 565 g/mol. The van der Waals surface area contributed by atoms with E-state index in [1.54, 1.807) is 0 Å². The molecule has 6 heterocycles. The summed E-state index contributed by atoms with van der Waals surface area (Å²) in [7, 11) is 1.26. The number of aliphatic carboxylic acids is 1. The maximum Gasteiger partial charge on any atom is 0.278 e. The summed E-state index contributed by atoms with van der Waals surface area (Å²) in [6.07, 6.45) is 1.73. The Bertz CT molecular complexity index is 1240. The molecule has 14 nitrogen and oxygen atoms in total. The first kappa shape index (κ1) is 26.4. The number of rotatable bonds is 9. The van der Waals surface area contributed by atoms with E-state index in [0.29, 0.717) is 37.3 Å². The van der Waals surface area contributed by atoms with Crippen LogP contribution in [0.2, 0.25) is 0 Å². The lowest BCUT2D eigenvalue weighted by molar-refractivity contribution is -0.940. The van der Waals surface area contributed by atoms with Crippen LogP contribution in [0, 0.1) is 5.41 Å². The van der Waals surface area contributed by atoms with Gasteiger partial charge in [-0.15, -0.1) is 11.8 Å². The molecule has 0 radical (unpaired) electrons. The quantitative estimate of drug-likeness (QED) is 0.127. The first-order chi connectivity index (χ1) is 18.1. The second-order valence-corrected chi connectivity index (χ2v) is 12.0. The number of nitrogens with one attached hydrogen (secondary N) is 1. The molecule has 3 amide bonds. The number of piperidine rings is 3. The summed E-state index contributed by atoms with van der Waals surface area (Å²) in [6, 6.07) is -0.892. The highest BCUT2D eigenvalue weighted by Gasteiger charge is 2.55. The average Bonchev–Trinajstić information content (AvgIpc) is 3.32. The van der Waals surface area contributed by atoms with E-state index in [1.165, 1.54) is 23.8 Å². The molecule has 0 saturated carbocycles. The molecule has 0 aromatic carbocycles. The molecule has 5 aliphatic rings. The number of carboxylic acid groups (broad SMARTS) is 1. The number of thioether (sulfide) groups is 1. The van der Waals surface area contributed by atoms with Gasteiger partial charge in [-0.3, -0.25) is 19.3 Å². The zero-order valence-corrected chi connectivity index (χ0v) is 22.3. The number of carbonyl (C=O) groups is 4. The highest BCUT2D eigenvalue weighted by molar-refractivity contribution is 8.00. The second-order valence-electron chi connectivity index (χ2n) is 10.1. The van der Waals surface area contributed by atoms with E-state index in [0.717, 1.165) is 41.2 Å². The van der Waals surface area contributed by atoms with Crippen molar-refractivity contribution in [2.45, 2.75) is 37.1 Å². The normalized spacial score (nSPS) is 30.5. The fraction of sp³-hybridized carbons (Fsp3) is 0.591. The van der Waals surface area contributed by atoms with Gasteiger partial charge in [-0.2, -0.15) is 9.36 Å². The molecule has 0 aliphatic carbocycles. The Morgan fingerprint density at radius 2 is 1.97 bits per heavy atom. The van der Waals surface area contributed by atoms with Gasteiger partial charge in [-0.1, -0.05) is 5.16 Å². The van der Waals surface area contributed by atoms with Crippen molar-refractivity contribution in [3.63, 3.8) is 0 Å². The predicted octanol–water partition coefficient (Wildman–Crippen LogP) is -2.25. The van der Waals surface area contributed by atoms with Gasteiger partial charge in [0.25, 0.3) is 11.8 Å². The summed E-state index contributed by atoms with van der Waals surface area (Å²) in [4.78, 5) is 60.0. The Labute approximate surface area is 226 Å². The van der Waals surface area contributed by atoms with Crippen molar-refractivity contribution in [3.8, 4) is 0 Å². The van der Waals surface area contributed by atoms with E-state index < -0.39 is 41.0 Å². The van der Waals surface area contributed by atoms with Gasteiger partial charge >= 0.3 is 0 Å². The van der Waals surface area contributed by atoms with Crippen molar-refractivity contribution < 1.29 is 33.6 Å². The van der Waals surface area contributed by atoms with Crippen LogP contribution in [-0.2, 0) is 24.0 Å². The van der Waals surface area contributed by atoms with Crippen molar-refractivity contribution in [1.82, 2.24) is 19.6 Å². The third-order valence-corrected chi connectivity index (χ3v) is 9.95. The number of quaternary nitrogens is 1. The van der Waals surface area contributed by atoms with Crippen molar-refractivity contribution in [2.75, 3.05) is 44.8 Å². The van der Waals surface area contributed by atoms with E-state index in [-0.39, 0.29) is 22.6 Å². The molecular weight excluding hydrogens is 536 g/mol. The number of β-lactam (4-membered cyclic amide) rings is 1. The Kier molecular flexibility index (Phi) is 6.81. The SMILES string of the molecule is CO/N=C(\C(=O)N[C@H]1C(=O)N2C(CC(=O)[O-])=C(C[N+]34CCC(C(N)=O)(CC3)CC4)CSC12)c1nsc(N)n1. The van der Waals surface area contributed by atoms with E-state index in [9.17, 15) is 24.3 Å². The smallest absolute Gasteiger partial charge is 0.278 e. The Balaban J connectivity index is 1.33. The molecule has 0 spiro atoms. The fourth-order valence-corrected chi connectivity index (χ4v) is 7.69. The predicted molar refractivity (Wildman–Crippen MR) is 135 cm³/mol. The van der Waals surface area contributed by atoms with Gasteiger partial charge in [-0.05, 0) is 0 Å². The Hall–Kier alpha value is -3.24. The van der Waals surface area contributed by atoms with Crippen LogP contribution >= 0.6 is 23.3 Å². The van der Waals surface area contributed by atoms with Crippen molar-refractivity contribution in [2.24, 2.45) is 16.3 Å². The molecule has 1 aromatic heterocycles. The molecule has 4 saturated heterocycles. The first-order valence-corrected chi connectivity index (χ1v) is 13.9. The number of fused-ring (bicyclic) bond motifs is 4. The fourth-order valence-electron chi connectivity index (χ4n) is 5.87. The van der Waals surface area contributed by atoms with Gasteiger partial charge in [0.15, 0.2) is 5.13 Å². The molecule has 4 fully saturated rings. The number of oxime groups is 1. The lowest BCUT2D eigenvalue weighted by Crippen LogP contribution is -2.71. The number of primary amides is 1. The number of nitrogens with two attached hydrogens (primary N) is 2. The maximum absolute atomic E-state index is 13.2. The summed E-state index contributed by atoms with van der Waals surface area (Å²) in [6.45, 7) is 2.94. The lowest BCUT2D eigenvalue weighted by Gasteiger charge is -2.55. The van der Waals surface area contributed by atoms with Crippen LogP contribution in [0.3, 0.4) is 0 Å². The number of hydrogen-bond acceptors (Lipinski definition) is 12. The van der Waals surface area contributed by atoms with E-state index in [1.807, 2.05) is 0 Å². The van der Waals surface area contributed by atoms with Crippen LogP contribution in [0.1, 0.15) is 31.5 Å². The largest absolute Gasteiger partial charge is 0.550 e. The number of carboxylic acids is 1. The Morgan fingerprint density at radius 3 is 2.53 bits per heavy atom. The highest BCUT2D eigenvalue weighted by Crippen LogP contribution is 2.46. The minimum absolute atomic E-state index is 0.0241. The van der Waals surface area contributed by atoms with E-state index in [4.69, 9.17) is 16.3 Å². The number of amides is 3. The minimum atomic E-state index is -1.28. The lowest BCUT2D eigenvalue weighted by atomic mass is 9.70. The second kappa shape index (κ2) is 9.81. The van der Waals surface area contributed by atoms with Gasteiger partial charge in [-0.25, -0.2) is 0 Å². The molecule has 2 atom stereocenters. The van der Waals surface area contributed by atoms with Crippen LogP contribution in [-0.4, -0.2) is 98.6 Å². The summed E-state index contributed by atoms with van der Waals surface area (Å²) in [5.74, 6) is -2.17. The summed E-state index contributed by atoms with van der Waals surface area (Å²) >= 11 is 2.35. The summed E-state index contributed by atoms with van der Waals surface area (Å²) in [5.41, 5.74) is 11.9. The number of hydrogen-bond donors (Lipinski definition) is 3. The third-order valence-electron chi connectivity index (χ3n) is 8.06. The molecule has 1 unspecified atom stereocenters. The monoisotopic (exact) mass is 564 g/mol. The Morgan fingerprint density at radius 1 is 1.29 bits per heavy atom. The maximum atomic E-state index is 13.2. The number of anilines is 1. The van der Waals surface area contributed by atoms with E-state index in [2.05, 4.69) is 19.8 Å². The molecule has 2 bridgehead atoms. The summed E-state index contributed by atoms with van der Waals surface area (Å²) < 4.78 is 4.72. The van der Waals surface area contributed by atoms with E-state index >= 15 is 0 Å². The van der Waals surface area contributed by atoms with Gasteiger partial charge < -0.3 is 36.0 Å². The standard InChI is InChI=1S/C22H28N8O6S2/c1-36-27-14(16-26-21(24)38-28-16)17(33)25-15-18(34)29-12(8-13(31)32)11(10-37-19(15)29)9-30-5-2-22(3-6-30,4-7-30)20(23)35/h15,19H,2-10H2,1H3,(H5-,23,24,25,26,28,31,32,33,35)/b27-14-/t15-,19?,22?,30?/m0/s1. The topological polar surface area (TPSA) is 206 Å². The first-order valence-electron chi connectivity index (χ1n) is 12.1. The van der Waals surface area contributed by atoms with Gasteiger partial charge in [0.1, 0.15) is 25.1 Å². The molecular formula is C22H28N8O6S2. The molecule has 38 heavy (non-hydrogen) atoms. The molecule has 1 aromatic rings. The van der Waals surface area contributed by atoms with Crippen LogP contribution in [0.15, 0.2) is 16.4 Å². The van der Waals surface area contributed by atoms with Gasteiger partial charge in [0, 0.05) is 60.2 Å². The zero-order valence-electron chi connectivity index (χ0n) is 20.7. The number of aromatic nitrogens is 2. The van der Waals surface area contributed by atoms with Crippen LogP contribution in [0.4, 0.5) is 5.13 Å². The number of carbonyl (C=O) groups excluding carboxylic acids is 4. The highest BCUT2D eigenvalue weighted by atomic mass is 32.2. The minimum Gasteiger partial charge on any atom is -0.550 e. The zero-order chi connectivity index (χ0) is 27.2. The number of nitrogens with zero attached hydrogens (tertiary/aromatic N) is 5. The van der Waals surface area contributed by atoms with Crippen LogP contribution < -0.4 is 21.9 Å². The van der Waals surface area contributed by atoms with Gasteiger partial charge in [0.2, 0.25) is 17.4 Å². The molecule has 5 N–H and O–H groups in total. The molecule has 5 aliphatic heterocycles. The third kappa shape index (κ3) is 4.49. The molecule has 204 valence electrons. The van der Waals surface area contributed by atoms with Gasteiger partial charge in [0.05, 0.1) is 25.0 Å². The van der Waals surface area contributed by atoms with Crippen LogP contribution in [0.25, 0.3) is 0 Å². The van der Waals surface area contributed by atoms with Crippen LogP contribution in [0.5, 0.6) is 0 Å².